The van der Waals surface area contributed by atoms with E-state index >= 15 is 0 Å². The Bertz CT molecular complexity index is 1430. The van der Waals surface area contributed by atoms with Crippen LogP contribution in [0, 0.1) is 0 Å². The summed E-state index contributed by atoms with van der Waals surface area (Å²) in [5, 5.41) is 4.39. The van der Waals surface area contributed by atoms with Gasteiger partial charge in [-0.25, -0.2) is 19.4 Å². The number of aryl methyl sites for hydroxylation is 1. The van der Waals surface area contributed by atoms with Crippen LogP contribution in [0.3, 0.4) is 0 Å². The number of rotatable bonds is 8. The van der Waals surface area contributed by atoms with Crippen molar-refractivity contribution >= 4 is 17.9 Å². The SMILES string of the molecule is CCn1cnc([C@H]2OC(OC(=O)c3ccccc3)[C@H](OC(=O)c3ccccc3)[C@@H]2OC(=O)c2ccccc2)n1. The number of esters is 3. The summed E-state index contributed by atoms with van der Waals surface area (Å²) in [4.78, 5) is 43.5. The van der Waals surface area contributed by atoms with Crippen molar-refractivity contribution in [3.05, 3.63) is 120 Å². The van der Waals surface area contributed by atoms with Gasteiger partial charge in [-0.05, 0) is 43.3 Å². The number of carbonyl (C=O) groups excluding carboxylic acids is 3. The molecule has 198 valence electrons. The zero-order chi connectivity index (χ0) is 27.2. The molecular formula is C29H25N3O7. The van der Waals surface area contributed by atoms with Crippen LogP contribution in [0.4, 0.5) is 0 Å². The summed E-state index contributed by atoms with van der Waals surface area (Å²) >= 11 is 0. The first-order valence-electron chi connectivity index (χ1n) is 12.4. The zero-order valence-corrected chi connectivity index (χ0v) is 21.0. The fraction of sp³-hybridized carbons (Fsp3) is 0.207. The van der Waals surface area contributed by atoms with E-state index in [4.69, 9.17) is 18.9 Å². The second-order valence-electron chi connectivity index (χ2n) is 8.63. The minimum Gasteiger partial charge on any atom is -0.451 e. The molecule has 0 spiro atoms. The summed E-state index contributed by atoms with van der Waals surface area (Å²) < 4.78 is 24.9. The van der Waals surface area contributed by atoms with Crippen molar-refractivity contribution in [2.24, 2.45) is 0 Å². The molecule has 0 bridgehead atoms. The summed E-state index contributed by atoms with van der Waals surface area (Å²) in [5.74, 6) is -1.91. The molecule has 1 aliphatic rings. The van der Waals surface area contributed by atoms with Gasteiger partial charge in [0.2, 0.25) is 12.4 Å². The van der Waals surface area contributed by atoms with E-state index < -0.39 is 42.5 Å². The molecule has 2 heterocycles. The van der Waals surface area contributed by atoms with Gasteiger partial charge in [0.15, 0.2) is 18.0 Å². The molecule has 0 aliphatic carbocycles. The van der Waals surface area contributed by atoms with Crippen molar-refractivity contribution in [1.29, 1.82) is 0 Å². The van der Waals surface area contributed by atoms with Crippen molar-refractivity contribution in [2.45, 2.75) is 38.1 Å². The lowest BCUT2D eigenvalue weighted by molar-refractivity contribution is -0.138. The Kier molecular flexibility index (Phi) is 7.74. The molecular weight excluding hydrogens is 502 g/mol. The maximum atomic E-state index is 13.1. The topological polar surface area (TPSA) is 119 Å². The summed E-state index contributed by atoms with van der Waals surface area (Å²) in [7, 11) is 0. The molecule has 0 N–H and O–H groups in total. The molecule has 0 radical (unpaired) electrons. The molecule has 1 aromatic heterocycles. The molecule has 10 heteroatoms. The molecule has 5 rings (SSSR count). The highest BCUT2D eigenvalue weighted by atomic mass is 16.7. The van der Waals surface area contributed by atoms with Crippen LogP contribution >= 0.6 is 0 Å². The van der Waals surface area contributed by atoms with Gasteiger partial charge >= 0.3 is 17.9 Å². The van der Waals surface area contributed by atoms with Gasteiger partial charge in [0.1, 0.15) is 6.33 Å². The number of hydrogen-bond acceptors (Lipinski definition) is 9. The molecule has 4 aromatic rings. The van der Waals surface area contributed by atoms with Crippen molar-refractivity contribution in [3.8, 4) is 0 Å². The third-order valence-electron chi connectivity index (χ3n) is 6.04. The molecule has 1 saturated heterocycles. The van der Waals surface area contributed by atoms with Crippen molar-refractivity contribution in [3.63, 3.8) is 0 Å². The van der Waals surface area contributed by atoms with Gasteiger partial charge in [-0.3, -0.25) is 4.68 Å². The lowest BCUT2D eigenvalue weighted by Crippen LogP contribution is -2.40. The predicted molar refractivity (Wildman–Crippen MR) is 136 cm³/mol. The normalized spacial score (nSPS) is 20.2. The van der Waals surface area contributed by atoms with Gasteiger partial charge in [0.05, 0.1) is 16.7 Å². The summed E-state index contributed by atoms with van der Waals surface area (Å²) in [5.41, 5.74) is 0.806. The highest BCUT2D eigenvalue weighted by Gasteiger charge is 2.54. The Morgan fingerprint density at radius 1 is 0.718 bits per heavy atom. The zero-order valence-electron chi connectivity index (χ0n) is 21.0. The minimum atomic E-state index is -1.42. The monoisotopic (exact) mass is 527 g/mol. The van der Waals surface area contributed by atoms with E-state index in [1.807, 2.05) is 6.92 Å². The number of ether oxygens (including phenoxy) is 4. The Hall–Kier alpha value is -4.83. The number of benzene rings is 3. The van der Waals surface area contributed by atoms with Gasteiger partial charge in [-0.15, -0.1) is 0 Å². The molecule has 0 amide bonds. The van der Waals surface area contributed by atoms with E-state index in [1.165, 1.54) is 6.33 Å². The van der Waals surface area contributed by atoms with Crippen LogP contribution in [0.15, 0.2) is 97.3 Å². The van der Waals surface area contributed by atoms with Crippen molar-refractivity contribution < 1.29 is 33.3 Å². The number of hydrogen-bond donors (Lipinski definition) is 0. The average molecular weight is 528 g/mol. The Labute approximate surface area is 224 Å². The van der Waals surface area contributed by atoms with Crippen LogP contribution < -0.4 is 0 Å². The molecule has 3 aromatic carbocycles. The lowest BCUT2D eigenvalue weighted by atomic mass is 10.1. The third kappa shape index (κ3) is 5.86. The molecule has 1 fully saturated rings. The van der Waals surface area contributed by atoms with E-state index in [0.29, 0.717) is 6.54 Å². The van der Waals surface area contributed by atoms with E-state index in [9.17, 15) is 14.4 Å². The van der Waals surface area contributed by atoms with Crippen molar-refractivity contribution in [2.75, 3.05) is 0 Å². The van der Waals surface area contributed by atoms with Gasteiger partial charge in [0, 0.05) is 6.54 Å². The largest absolute Gasteiger partial charge is 0.451 e. The van der Waals surface area contributed by atoms with Crippen LogP contribution in [0.1, 0.15) is 49.9 Å². The summed E-state index contributed by atoms with van der Waals surface area (Å²) in [6.07, 6.45) is -3.56. The smallest absolute Gasteiger partial charge is 0.340 e. The fourth-order valence-corrected chi connectivity index (χ4v) is 4.05. The van der Waals surface area contributed by atoms with Crippen LogP contribution in [0.5, 0.6) is 0 Å². The van der Waals surface area contributed by atoms with Gasteiger partial charge < -0.3 is 18.9 Å². The first kappa shape index (κ1) is 25.8. The second-order valence-corrected chi connectivity index (χ2v) is 8.63. The highest BCUT2D eigenvalue weighted by molar-refractivity contribution is 5.91. The molecule has 10 nitrogen and oxygen atoms in total. The summed E-state index contributed by atoms with van der Waals surface area (Å²) in [6, 6.07) is 24.9. The van der Waals surface area contributed by atoms with E-state index in [-0.39, 0.29) is 22.5 Å². The first-order valence-corrected chi connectivity index (χ1v) is 12.4. The molecule has 0 saturated carbocycles. The maximum absolute atomic E-state index is 13.1. The first-order chi connectivity index (χ1) is 19.0. The average Bonchev–Trinajstić information content (AvgIpc) is 3.59. The van der Waals surface area contributed by atoms with Crippen LogP contribution in [-0.2, 0) is 25.5 Å². The molecule has 1 unspecified atom stereocenters. The van der Waals surface area contributed by atoms with Crippen LogP contribution in [0.2, 0.25) is 0 Å². The maximum Gasteiger partial charge on any atom is 0.340 e. The fourth-order valence-electron chi connectivity index (χ4n) is 4.05. The van der Waals surface area contributed by atoms with Gasteiger partial charge in [-0.1, -0.05) is 54.6 Å². The van der Waals surface area contributed by atoms with Gasteiger partial charge in [-0.2, -0.15) is 5.10 Å². The standard InChI is InChI=1S/C29H25N3O7/c1-2-32-18-30-25(31-32)23-22(36-26(33)19-12-6-3-7-13-19)24(37-27(34)20-14-8-4-9-15-20)29(38-23)39-28(35)21-16-10-5-11-17-21/h3-18,22-24,29H,2H2,1H3/t22-,23+,24-,29?/m1/s1. The van der Waals surface area contributed by atoms with E-state index in [1.54, 1.807) is 95.7 Å². The van der Waals surface area contributed by atoms with Crippen LogP contribution in [-0.4, -0.2) is 51.2 Å². The van der Waals surface area contributed by atoms with E-state index in [2.05, 4.69) is 10.1 Å². The molecule has 39 heavy (non-hydrogen) atoms. The van der Waals surface area contributed by atoms with Crippen LogP contribution in [0.25, 0.3) is 0 Å². The Balaban J connectivity index is 1.50. The van der Waals surface area contributed by atoms with E-state index in [0.717, 1.165) is 0 Å². The lowest BCUT2D eigenvalue weighted by Gasteiger charge is -2.23. The Morgan fingerprint density at radius 2 is 1.18 bits per heavy atom. The minimum absolute atomic E-state index is 0.182. The predicted octanol–water partition coefficient (Wildman–Crippen LogP) is 4.00. The summed E-state index contributed by atoms with van der Waals surface area (Å²) in [6.45, 7) is 2.42. The number of nitrogens with zero attached hydrogens (tertiary/aromatic N) is 3. The van der Waals surface area contributed by atoms with Gasteiger partial charge in [0.25, 0.3) is 0 Å². The third-order valence-corrected chi connectivity index (χ3v) is 6.04. The Morgan fingerprint density at radius 3 is 1.64 bits per heavy atom. The molecule has 4 atom stereocenters. The number of aromatic nitrogens is 3. The van der Waals surface area contributed by atoms with Crippen molar-refractivity contribution in [1.82, 2.24) is 14.8 Å². The highest BCUT2D eigenvalue weighted by Crippen LogP contribution is 2.38. The molecule has 1 aliphatic heterocycles. The number of carbonyl (C=O) groups is 3. The quantitative estimate of drug-likeness (QED) is 0.247. The second kappa shape index (κ2) is 11.7.